The average molecular weight is 334 g/mol. The van der Waals surface area contributed by atoms with Crippen LogP contribution in [0.4, 0.5) is 5.69 Å². The highest BCUT2D eigenvalue weighted by Crippen LogP contribution is 2.36. The van der Waals surface area contributed by atoms with Crippen molar-refractivity contribution in [3.05, 3.63) is 70.2 Å². The third kappa shape index (κ3) is 2.70. The van der Waals surface area contributed by atoms with Crippen LogP contribution in [0.2, 0.25) is 0 Å². The van der Waals surface area contributed by atoms with E-state index in [1.54, 1.807) is 0 Å². The molecule has 4 rings (SSSR count). The third-order valence-corrected chi connectivity index (χ3v) is 4.53. The Bertz CT molecular complexity index is 945. The number of anilines is 1. The maximum atomic E-state index is 12.3. The highest BCUT2D eigenvalue weighted by molar-refractivity contribution is 7.11. The van der Waals surface area contributed by atoms with Gasteiger partial charge in [-0.3, -0.25) is 9.78 Å². The Labute approximate surface area is 143 Å². The summed E-state index contributed by atoms with van der Waals surface area (Å²) in [6.07, 6.45) is 1.84. The Morgan fingerprint density at radius 1 is 1.12 bits per heavy atom. The van der Waals surface area contributed by atoms with Gasteiger partial charge < -0.3 is 10.1 Å². The molecule has 2 aromatic heterocycles. The molecule has 0 bridgehead atoms. The molecule has 0 atom stereocenters. The van der Waals surface area contributed by atoms with Crippen LogP contribution < -0.4 is 10.1 Å². The van der Waals surface area contributed by atoms with E-state index in [2.05, 4.69) is 10.3 Å². The lowest BCUT2D eigenvalue weighted by molar-refractivity contribution is -0.110. The molecule has 0 fully saturated rings. The Kier molecular flexibility index (Phi) is 3.63. The van der Waals surface area contributed by atoms with Crippen molar-refractivity contribution in [3.63, 3.8) is 0 Å². The number of fused-ring (bicyclic) bond motifs is 1. The SMILES string of the molecule is Cc1ccc2c(n1)C(=Cc1sccc1Oc1ccccc1)C(=O)N2. The van der Waals surface area contributed by atoms with Crippen molar-refractivity contribution in [2.75, 3.05) is 5.32 Å². The van der Waals surface area contributed by atoms with E-state index in [1.807, 2.05) is 66.9 Å². The molecule has 3 heterocycles. The highest BCUT2D eigenvalue weighted by Gasteiger charge is 2.26. The van der Waals surface area contributed by atoms with Crippen molar-refractivity contribution in [3.8, 4) is 11.5 Å². The van der Waals surface area contributed by atoms with E-state index in [4.69, 9.17) is 4.74 Å². The fourth-order valence-electron chi connectivity index (χ4n) is 2.54. The van der Waals surface area contributed by atoms with Crippen molar-refractivity contribution in [1.82, 2.24) is 4.98 Å². The number of rotatable bonds is 3. The molecule has 4 nitrogen and oxygen atoms in total. The topological polar surface area (TPSA) is 51.2 Å². The number of ether oxygens (including phenoxy) is 1. The van der Waals surface area contributed by atoms with E-state index < -0.39 is 0 Å². The number of amides is 1. The Hall–Kier alpha value is -2.92. The monoisotopic (exact) mass is 334 g/mol. The summed E-state index contributed by atoms with van der Waals surface area (Å²) in [5.41, 5.74) is 2.88. The number of benzene rings is 1. The second kappa shape index (κ2) is 5.94. The minimum absolute atomic E-state index is 0.137. The standard InChI is InChI=1S/C19H14N2O2S/c1-12-7-8-15-18(20-12)14(19(22)21-15)11-17-16(9-10-24-17)23-13-5-3-2-4-6-13/h2-11H,1H3,(H,21,22). The quantitative estimate of drug-likeness (QED) is 0.704. The molecule has 0 radical (unpaired) electrons. The van der Waals surface area contributed by atoms with Gasteiger partial charge >= 0.3 is 0 Å². The van der Waals surface area contributed by atoms with E-state index in [9.17, 15) is 4.79 Å². The molecule has 0 saturated carbocycles. The lowest BCUT2D eigenvalue weighted by atomic mass is 10.1. The molecular weight excluding hydrogens is 320 g/mol. The Morgan fingerprint density at radius 3 is 2.79 bits per heavy atom. The summed E-state index contributed by atoms with van der Waals surface area (Å²) in [6.45, 7) is 1.91. The zero-order valence-electron chi connectivity index (χ0n) is 12.9. The van der Waals surface area contributed by atoms with Crippen LogP contribution in [-0.2, 0) is 4.79 Å². The second-order valence-electron chi connectivity index (χ2n) is 5.43. The van der Waals surface area contributed by atoms with Gasteiger partial charge in [-0.1, -0.05) is 18.2 Å². The zero-order valence-corrected chi connectivity index (χ0v) is 13.8. The number of aryl methyl sites for hydroxylation is 1. The first-order chi connectivity index (χ1) is 11.7. The number of hydrogen-bond donors (Lipinski definition) is 1. The van der Waals surface area contributed by atoms with Gasteiger partial charge in [0.25, 0.3) is 5.91 Å². The number of aromatic nitrogens is 1. The molecule has 0 spiro atoms. The molecule has 0 aliphatic carbocycles. The average Bonchev–Trinajstić information content (AvgIpc) is 3.14. The summed E-state index contributed by atoms with van der Waals surface area (Å²) in [7, 11) is 0. The van der Waals surface area contributed by atoms with Gasteiger partial charge in [0.05, 0.1) is 21.8 Å². The first-order valence-electron chi connectivity index (χ1n) is 7.52. The van der Waals surface area contributed by atoms with Crippen LogP contribution in [0.25, 0.3) is 11.6 Å². The first-order valence-corrected chi connectivity index (χ1v) is 8.40. The zero-order chi connectivity index (χ0) is 16.5. The number of thiophene rings is 1. The molecule has 5 heteroatoms. The predicted molar refractivity (Wildman–Crippen MR) is 96.3 cm³/mol. The first kappa shape index (κ1) is 14.7. The van der Waals surface area contributed by atoms with Gasteiger partial charge in [0, 0.05) is 5.69 Å². The van der Waals surface area contributed by atoms with Crippen molar-refractivity contribution in [2.45, 2.75) is 6.92 Å². The molecule has 1 aliphatic heterocycles. The van der Waals surface area contributed by atoms with Gasteiger partial charge in [-0.25, -0.2) is 0 Å². The normalized spacial score (nSPS) is 14.5. The maximum absolute atomic E-state index is 12.3. The van der Waals surface area contributed by atoms with Crippen LogP contribution in [0, 0.1) is 6.92 Å². The number of hydrogen-bond acceptors (Lipinski definition) is 4. The van der Waals surface area contributed by atoms with E-state index in [0.29, 0.717) is 11.3 Å². The molecule has 1 aromatic carbocycles. The minimum atomic E-state index is -0.137. The molecule has 24 heavy (non-hydrogen) atoms. The summed E-state index contributed by atoms with van der Waals surface area (Å²) >= 11 is 1.53. The van der Waals surface area contributed by atoms with Crippen LogP contribution in [0.5, 0.6) is 11.5 Å². The van der Waals surface area contributed by atoms with Crippen molar-refractivity contribution in [1.29, 1.82) is 0 Å². The van der Waals surface area contributed by atoms with Crippen molar-refractivity contribution in [2.24, 2.45) is 0 Å². The smallest absolute Gasteiger partial charge is 0.258 e. The van der Waals surface area contributed by atoms with Gasteiger partial charge in [0.15, 0.2) is 0 Å². The van der Waals surface area contributed by atoms with E-state index in [1.165, 1.54) is 11.3 Å². The van der Waals surface area contributed by atoms with Crippen LogP contribution >= 0.6 is 11.3 Å². The Balaban J connectivity index is 1.72. The van der Waals surface area contributed by atoms with Crippen molar-refractivity contribution < 1.29 is 9.53 Å². The minimum Gasteiger partial charge on any atom is -0.456 e. The molecule has 1 N–H and O–H groups in total. The summed E-state index contributed by atoms with van der Waals surface area (Å²) in [5.74, 6) is 1.36. The molecule has 3 aromatic rings. The van der Waals surface area contributed by atoms with Crippen LogP contribution in [0.1, 0.15) is 16.3 Å². The van der Waals surface area contributed by atoms with Crippen molar-refractivity contribution >= 4 is 34.6 Å². The lowest BCUT2D eigenvalue weighted by Crippen LogP contribution is -2.03. The second-order valence-corrected chi connectivity index (χ2v) is 6.37. The predicted octanol–water partition coefficient (Wildman–Crippen LogP) is 4.74. The van der Waals surface area contributed by atoms with Gasteiger partial charge in [-0.15, -0.1) is 11.3 Å². The van der Waals surface area contributed by atoms with E-state index in [-0.39, 0.29) is 5.91 Å². The lowest BCUT2D eigenvalue weighted by Gasteiger charge is -2.05. The van der Waals surface area contributed by atoms with Crippen LogP contribution in [0.3, 0.4) is 0 Å². The van der Waals surface area contributed by atoms with E-state index >= 15 is 0 Å². The summed E-state index contributed by atoms with van der Waals surface area (Å²) in [4.78, 5) is 17.7. The Morgan fingerprint density at radius 2 is 1.96 bits per heavy atom. The maximum Gasteiger partial charge on any atom is 0.258 e. The van der Waals surface area contributed by atoms with Gasteiger partial charge in [0.1, 0.15) is 11.5 Å². The van der Waals surface area contributed by atoms with Gasteiger partial charge in [-0.05, 0) is 48.7 Å². The molecule has 1 aliphatic rings. The third-order valence-electron chi connectivity index (χ3n) is 3.69. The summed E-state index contributed by atoms with van der Waals surface area (Å²) in [6, 6.07) is 15.3. The molecule has 0 saturated heterocycles. The largest absolute Gasteiger partial charge is 0.456 e. The molecule has 1 amide bonds. The number of nitrogens with one attached hydrogen (secondary N) is 1. The number of pyridine rings is 1. The highest BCUT2D eigenvalue weighted by atomic mass is 32.1. The van der Waals surface area contributed by atoms with Crippen LogP contribution in [-0.4, -0.2) is 10.9 Å². The fraction of sp³-hybridized carbons (Fsp3) is 0.0526. The molecule has 118 valence electrons. The number of nitrogens with zero attached hydrogens (tertiary/aromatic N) is 1. The molecule has 0 unspecified atom stereocenters. The van der Waals surface area contributed by atoms with E-state index in [0.717, 1.165) is 27.8 Å². The van der Waals surface area contributed by atoms with Gasteiger partial charge in [0.2, 0.25) is 0 Å². The fourth-order valence-corrected chi connectivity index (χ4v) is 3.29. The number of carbonyl (C=O) groups excluding carboxylic acids is 1. The number of carbonyl (C=O) groups is 1. The molecular formula is C19H14N2O2S. The number of para-hydroxylation sites is 1. The summed E-state index contributed by atoms with van der Waals surface area (Å²) in [5, 5.41) is 4.80. The van der Waals surface area contributed by atoms with Gasteiger partial charge in [-0.2, -0.15) is 0 Å². The summed E-state index contributed by atoms with van der Waals surface area (Å²) < 4.78 is 5.92. The van der Waals surface area contributed by atoms with Crippen LogP contribution in [0.15, 0.2) is 53.9 Å².